The summed E-state index contributed by atoms with van der Waals surface area (Å²) in [7, 11) is 0. The van der Waals surface area contributed by atoms with Gasteiger partial charge in [-0.05, 0) is 35.9 Å². The molecule has 0 radical (unpaired) electrons. The number of nitro benzene ring substituents is 1. The molecule has 0 unspecified atom stereocenters. The molecule has 0 amide bonds. The van der Waals surface area contributed by atoms with E-state index in [4.69, 9.17) is 11.6 Å². The Morgan fingerprint density at radius 2 is 2.05 bits per heavy atom. The fraction of sp³-hybridized carbons (Fsp3) is 0.0769. The van der Waals surface area contributed by atoms with Crippen LogP contribution in [0.4, 0.5) is 15.8 Å². The van der Waals surface area contributed by atoms with Gasteiger partial charge >= 0.3 is 0 Å². The Labute approximate surface area is 127 Å². The van der Waals surface area contributed by atoms with Crippen molar-refractivity contribution in [3.05, 3.63) is 67.4 Å². The van der Waals surface area contributed by atoms with Crippen LogP contribution in [-0.2, 0) is 6.54 Å². The number of nitro groups is 1. The molecule has 4 nitrogen and oxygen atoms in total. The first kappa shape index (κ1) is 14.7. The lowest BCUT2D eigenvalue weighted by Crippen LogP contribution is -2.03. The maximum absolute atomic E-state index is 13.0. The van der Waals surface area contributed by atoms with Crippen molar-refractivity contribution in [2.45, 2.75) is 6.54 Å². The van der Waals surface area contributed by atoms with Crippen molar-refractivity contribution in [3.8, 4) is 0 Å². The van der Waals surface area contributed by atoms with E-state index in [9.17, 15) is 14.5 Å². The lowest BCUT2D eigenvalue weighted by molar-refractivity contribution is -0.384. The molecule has 0 saturated carbocycles. The van der Waals surface area contributed by atoms with Crippen molar-refractivity contribution in [1.82, 2.24) is 0 Å². The minimum absolute atomic E-state index is 0.243. The van der Waals surface area contributed by atoms with Gasteiger partial charge in [-0.15, -0.1) is 0 Å². The Balaban J connectivity index is 2.23. The van der Waals surface area contributed by atoms with Gasteiger partial charge in [0.25, 0.3) is 5.69 Å². The molecule has 1 N–H and O–H groups in total. The van der Waals surface area contributed by atoms with Gasteiger partial charge in [0.1, 0.15) is 11.5 Å². The summed E-state index contributed by atoms with van der Waals surface area (Å²) in [5.41, 5.74) is 0.711. The highest BCUT2D eigenvalue weighted by atomic mass is 79.9. The van der Waals surface area contributed by atoms with E-state index in [1.54, 1.807) is 12.1 Å². The summed E-state index contributed by atoms with van der Waals surface area (Å²) in [6, 6.07) is 8.71. The minimum Gasteiger partial charge on any atom is -0.375 e. The predicted octanol–water partition coefficient (Wildman–Crippen LogP) is 4.76. The van der Waals surface area contributed by atoms with Crippen molar-refractivity contribution in [1.29, 1.82) is 0 Å². The van der Waals surface area contributed by atoms with Crippen molar-refractivity contribution in [3.63, 3.8) is 0 Å². The van der Waals surface area contributed by atoms with E-state index in [1.807, 2.05) is 6.07 Å². The maximum Gasteiger partial charge on any atom is 0.295 e. The zero-order valence-electron chi connectivity index (χ0n) is 10.1. The fourth-order valence-corrected chi connectivity index (χ4v) is 2.27. The molecule has 0 atom stereocenters. The monoisotopic (exact) mass is 358 g/mol. The quantitative estimate of drug-likeness (QED) is 0.632. The summed E-state index contributed by atoms with van der Waals surface area (Å²) in [5.74, 6) is -0.650. The number of anilines is 1. The van der Waals surface area contributed by atoms with Crippen LogP contribution in [-0.4, -0.2) is 4.92 Å². The fourth-order valence-electron chi connectivity index (χ4n) is 1.67. The van der Waals surface area contributed by atoms with E-state index in [2.05, 4.69) is 21.2 Å². The summed E-state index contributed by atoms with van der Waals surface area (Å²) in [6.07, 6.45) is 0. The number of benzene rings is 2. The van der Waals surface area contributed by atoms with Gasteiger partial charge in [0.05, 0.1) is 11.0 Å². The van der Waals surface area contributed by atoms with E-state index < -0.39 is 10.7 Å². The summed E-state index contributed by atoms with van der Waals surface area (Å²) < 4.78 is 13.9. The van der Waals surface area contributed by atoms with Gasteiger partial charge in [0.2, 0.25) is 0 Å². The first-order valence-electron chi connectivity index (χ1n) is 5.59. The average molecular weight is 360 g/mol. The van der Waals surface area contributed by atoms with Gasteiger partial charge < -0.3 is 5.32 Å². The third-order valence-corrected chi connectivity index (χ3v) is 3.50. The van der Waals surface area contributed by atoms with Gasteiger partial charge in [-0.3, -0.25) is 10.1 Å². The first-order chi connectivity index (χ1) is 9.47. The molecule has 0 saturated heterocycles. The zero-order chi connectivity index (χ0) is 14.7. The number of halogens is 3. The number of rotatable bonds is 4. The molecule has 2 aromatic rings. The molecule has 0 spiro atoms. The van der Waals surface area contributed by atoms with Gasteiger partial charge in [0.15, 0.2) is 0 Å². The second-order valence-corrected chi connectivity index (χ2v) is 5.33. The number of nitrogens with zero attached hydrogens (tertiary/aromatic N) is 1. The van der Waals surface area contributed by atoms with Crippen LogP contribution in [0.1, 0.15) is 5.56 Å². The minimum atomic E-state index is -0.650. The Morgan fingerprint density at radius 3 is 2.75 bits per heavy atom. The van der Waals surface area contributed by atoms with E-state index in [-0.39, 0.29) is 11.4 Å². The standard InChI is InChI=1S/C13H9BrClFN2O2/c14-9-1-3-11(15)8(5-9)7-17-12-4-2-10(16)6-13(12)18(19)20/h1-6,17H,7H2. The number of nitrogens with one attached hydrogen (secondary N) is 1. The van der Waals surface area contributed by atoms with Crippen LogP contribution in [0.5, 0.6) is 0 Å². The molecule has 104 valence electrons. The highest BCUT2D eigenvalue weighted by molar-refractivity contribution is 9.10. The molecule has 0 aliphatic carbocycles. The predicted molar refractivity (Wildman–Crippen MR) is 79.5 cm³/mol. The molecule has 0 heterocycles. The molecule has 0 aliphatic heterocycles. The third-order valence-electron chi connectivity index (χ3n) is 2.63. The van der Waals surface area contributed by atoms with Crippen molar-refractivity contribution in [2.75, 3.05) is 5.32 Å². The van der Waals surface area contributed by atoms with Gasteiger partial charge in [-0.25, -0.2) is 4.39 Å². The molecule has 2 rings (SSSR count). The largest absolute Gasteiger partial charge is 0.375 e. The highest BCUT2D eigenvalue weighted by Crippen LogP contribution is 2.27. The smallest absolute Gasteiger partial charge is 0.295 e. The third kappa shape index (κ3) is 3.46. The lowest BCUT2D eigenvalue weighted by Gasteiger charge is -2.09. The SMILES string of the molecule is O=[N+]([O-])c1cc(F)ccc1NCc1cc(Br)ccc1Cl. The second kappa shape index (κ2) is 6.19. The number of hydrogen-bond acceptors (Lipinski definition) is 3. The van der Waals surface area contributed by atoms with Crippen molar-refractivity contribution in [2.24, 2.45) is 0 Å². The molecule has 2 aromatic carbocycles. The molecular formula is C13H9BrClFN2O2. The normalized spacial score (nSPS) is 10.3. The maximum atomic E-state index is 13.0. The van der Waals surface area contributed by atoms with Crippen LogP contribution in [0.15, 0.2) is 40.9 Å². The summed E-state index contributed by atoms with van der Waals surface area (Å²) in [4.78, 5) is 10.2. The molecule has 0 aromatic heterocycles. The number of hydrogen-bond donors (Lipinski definition) is 1. The van der Waals surface area contributed by atoms with E-state index in [1.165, 1.54) is 6.07 Å². The Hall–Kier alpha value is -1.66. The summed E-state index contributed by atoms with van der Waals surface area (Å²) in [5, 5.41) is 14.3. The van der Waals surface area contributed by atoms with E-state index in [0.29, 0.717) is 11.6 Å². The van der Waals surface area contributed by atoms with Crippen LogP contribution < -0.4 is 5.32 Å². The van der Waals surface area contributed by atoms with Gasteiger partial charge in [0, 0.05) is 16.0 Å². The Bertz CT molecular complexity index is 667. The van der Waals surface area contributed by atoms with Crippen LogP contribution >= 0.6 is 27.5 Å². The van der Waals surface area contributed by atoms with Crippen LogP contribution in [0.2, 0.25) is 5.02 Å². The summed E-state index contributed by atoms with van der Waals surface area (Å²) >= 11 is 9.36. The highest BCUT2D eigenvalue weighted by Gasteiger charge is 2.14. The molecule has 0 bridgehead atoms. The Kier molecular flexibility index (Phi) is 4.57. The van der Waals surface area contributed by atoms with Crippen LogP contribution in [0, 0.1) is 15.9 Å². The van der Waals surface area contributed by atoms with Crippen molar-refractivity contribution < 1.29 is 9.31 Å². The lowest BCUT2D eigenvalue weighted by atomic mass is 10.2. The van der Waals surface area contributed by atoms with Gasteiger partial charge in [-0.2, -0.15) is 0 Å². The van der Waals surface area contributed by atoms with Crippen molar-refractivity contribution >= 4 is 38.9 Å². The topological polar surface area (TPSA) is 55.2 Å². The van der Waals surface area contributed by atoms with Gasteiger partial charge in [-0.1, -0.05) is 27.5 Å². The average Bonchev–Trinajstić information content (AvgIpc) is 2.40. The van der Waals surface area contributed by atoms with Crippen LogP contribution in [0.25, 0.3) is 0 Å². The van der Waals surface area contributed by atoms with Crippen LogP contribution in [0.3, 0.4) is 0 Å². The van der Waals surface area contributed by atoms with E-state index >= 15 is 0 Å². The molecular weight excluding hydrogens is 351 g/mol. The summed E-state index contributed by atoms with van der Waals surface area (Å²) in [6.45, 7) is 0.296. The molecule has 0 fully saturated rings. The second-order valence-electron chi connectivity index (χ2n) is 4.01. The molecule has 20 heavy (non-hydrogen) atoms. The first-order valence-corrected chi connectivity index (χ1v) is 6.76. The molecule has 7 heteroatoms. The zero-order valence-corrected chi connectivity index (χ0v) is 12.4. The van der Waals surface area contributed by atoms with E-state index in [0.717, 1.165) is 22.2 Å². The Morgan fingerprint density at radius 1 is 1.30 bits per heavy atom. The molecule has 0 aliphatic rings.